The average molecular weight is 394 g/mol. The van der Waals surface area contributed by atoms with Crippen LogP contribution in [0, 0.1) is 5.82 Å². The summed E-state index contributed by atoms with van der Waals surface area (Å²) in [6, 6.07) is 14.2. The van der Waals surface area contributed by atoms with E-state index < -0.39 is 5.82 Å². The van der Waals surface area contributed by atoms with Crippen LogP contribution in [0.2, 0.25) is 0 Å². The van der Waals surface area contributed by atoms with Crippen molar-refractivity contribution in [3.8, 4) is 17.1 Å². The quantitative estimate of drug-likeness (QED) is 0.660. The van der Waals surface area contributed by atoms with Gasteiger partial charge in [0.25, 0.3) is 5.91 Å². The molecule has 150 valence electrons. The predicted octanol–water partition coefficient (Wildman–Crippen LogP) is 3.89. The third kappa shape index (κ3) is 4.62. The monoisotopic (exact) mass is 394 g/mol. The van der Waals surface area contributed by atoms with Gasteiger partial charge in [-0.25, -0.2) is 4.39 Å². The van der Waals surface area contributed by atoms with Gasteiger partial charge in [0.05, 0.1) is 29.7 Å². The standard InChI is InChI=1S/C22H23FN4O2/c23-18-9-3-4-11-21(18)29-15-22(28)25-14-16-13-20(19-10-5-6-12-24-19)27(26-16)17-7-1-2-8-17/h3-6,9-13,17H,1-2,7-8,14-15H2,(H,25,28). The number of nitrogens with one attached hydrogen (secondary N) is 1. The summed E-state index contributed by atoms with van der Waals surface area (Å²) in [7, 11) is 0. The highest BCUT2D eigenvalue weighted by Gasteiger charge is 2.22. The first-order valence-electron chi connectivity index (χ1n) is 9.84. The van der Waals surface area contributed by atoms with E-state index in [9.17, 15) is 9.18 Å². The molecule has 0 bridgehead atoms. The lowest BCUT2D eigenvalue weighted by molar-refractivity contribution is -0.123. The number of aromatic nitrogens is 3. The van der Waals surface area contributed by atoms with Crippen molar-refractivity contribution in [3.63, 3.8) is 0 Å². The van der Waals surface area contributed by atoms with Crippen LogP contribution >= 0.6 is 0 Å². The van der Waals surface area contributed by atoms with Crippen LogP contribution in [0.3, 0.4) is 0 Å². The lowest BCUT2D eigenvalue weighted by Gasteiger charge is -2.13. The first kappa shape index (κ1) is 19.1. The zero-order valence-corrected chi connectivity index (χ0v) is 16.1. The molecule has 1 aliphatic rings. The third-order valence-corrected chi connectivity index (χ3v) is 5.05. The lowest BCUT2D eigenvalue weighted by Crippen LogP contribution is -2.28. The van der Waals surface area contributed by atoms with E-state index in [0.717, 1.165) is 29.9 Å². The highest BCUT2D eigenvalue weighted by Crippen LogP contribution is 2.33. The van der Waals surface area contributed by atoms with Crippen molar-refractivity contribution in [1.29, 1.82) is 0 Å². The Morgan fingerprint density at radius 2 is 1.97 bits per heavy atom. The van der Waals surface area contributed by atoms with E-state index in [1.54, 1.807) is 18.3 Å². The van der Waals surface area contributed by atoms with Gasteiger partial charge in [0.2, 0.25) is 0 Å². The molecule has 29 heavy (non-hydrogen) atoms. The molecule has 4 rings (SSSR count). The van der Waals surface area contributed by atoms with Gasteiger partial charge in [-0.1, -0.05) is 31.0 Å². The number of halogens is 1. The maximum atomic E-state index is 13.6. The zero-order valence-electron chi connectivity index (χ0n) is 16.1. The average Bonchev–Trinajstić information content (AvgIpc) is 3.42. The molecular formula is C22H23FN4O2. The molecule has 1 N–H and O–H groups in total. The Kier molecular flexibility index (Phi) is 5.84. The fourth-order valence-corrected chi connectivity index (χ4v) is 3.61. The van der Waals surface area contributed by atoms with Crippen LogP contribution in [0.5, 0.6) is 5.75 Å². The highest BCUT2D eigenvalue weighted by molar-refractivity contribution is 5.77. The minimum atomic E-state index is -0.490. The maximum absolute atomic E-state index is 13.6. The number of rotatable bonds is 7. The Hall–Kier alpha value is -3.22. The summed E-state index contributed by atoms with van der Waals surface area (Å²) in [4.78, 5) is 16.6. The second-order valence-corrected chi connectivity index (χ2v) is 7.11. The molecule has 0 unspecified atom stereocenters. The van der Waals surface area contributed by atoms with E-state index in [4.69, 9.17) is 9.84 Å². The normalized spacial score (nSPS) is 14.1. The number of carbonyl (C=O) groups excluding carboxylic acids is 1. The SMILES string of the molecule is O=C(COc1ccccc1F)NCc1cc(-c2ccccn2)n(C2CCCC2)n1. The minimum absolute atomic E-state index is 0.0607. The molecule has 0 saturated heterocycles. The fraction of sp³-hybridized carbons (Fsp3) is 0.318. The number of nitrogens with zero attached hydrogens (tertiary/aromatic N) is 3. The molecule has 6 nitrogen and oxygen atoms in total. The van der Waals surface area contributed by atoms with Gasteiger partial charge in [-0.3, -0.25) is 14.5 Å². The van der Waals surface area contributed by atoms with Crippen LogP contribution < -0.4 is 10.1 Å². The van der Waals surface area contributed by atoms with Gasteiger partial charge in [0.15, 0.2) is 18.2 Å². The molecule has 1 amide bonds. The van der Waals surface area contributed by atoms with Gasteiger partial charge in [0, 0.05) is 6.20 Å². The zero-order chi connectivity index (χ0) is 20.1. The second-order valence-electron chi connectivity index (χ2n) is 7.11. The van der Waals surface area contributed by atoms with Crippen LogP contribution in [0.1, 0.15) is 37.4 Å². The van der Waals surface area contributed by atoms with Crippen molar-refractivity contribution in [2.24, 2.45) is 0 Å². The first-order chi connectivity index (χ1) is 14.2. The number of benzene rings is 1. The van der Waals surface area contributed by atoms with Gasteiger partial charge in [0.1, 0.15) is 0 Å². The summed E-state index contributed by atoms with van der Waals surface area (Å²) in [6.07, 6.45) is 6.37. The molecule has 2 heterocycles. The minimum Gasteiger partial charge on any atom is -0.481 e. The Labute approximate surface area is 168 Å². The molecular weight excluding hydrogens is 371 g/mol. The van der Waals surface area contributed by atoms with E-state index in [1.807, 2.05) is 28.9 Å². The number of pyridine rings is 1. The van der Waals surface area contributed by atoms with Crippen molar-refractivity contribution in [1.82, 2.24) is 20.1 Å². The van der Waals surface area contributed by atoms with Crippen LogP contribution in [0.4, 0.5) is 4.39 Å². The van der Waals surface area contributed by atoms with Gasteiger partial charge in [-0.2, -0.15) is 5.10 Å². The Morgan fingerprint density at radius 3 is 2.72 bits per heavy atom. The molecule has 0 atom stereocenters. The van der Waals surface area contributed by atoms with Crippen molar-refractivity contribution >= 4 is 5.91 Å². The molecule has 0 radical (unpaired) electrons. The van der Waals surface area contributed by atoms with Gasteiger partial charge >= 0.3 is 0 Å². The smallest absolute Gasteiger partial charge is 0.258 e. The van der Waals surface area contributed by atoms with E-state index in [-0.39, 0.29) is 24.8 Å². The summed E-state index contributed by atoms with van der Waals surface area (Å²) < 4.78 is 20.9. The highest BCUT2D eigenvalue weighted by atomic mass is 19.1. The number of hydrogen-bond donors (Lipinski definition) is 1. The first-order valence-corrected chi connectivity index (χ1v) is 9.84. The Balaban J connectivity index is 1.42. The topological polar surface area (TPSA) is 69.0 Å². The van der Waals surface area contributed by atoms with Gasteiger partial charge < -0.3 is 10.1 Å². The van der Waals surface area contributed by atoms with Crippen LogP contribution in [-0.2, 0) is 11.3 Å². The van der Waals surface area contributed by atoms with Crippen LogP contribution in [0.15, 0.2) is 54.7 Å². The molecule has 0 spiro atoms. The molecule has 1 fully saturated rings. The van der Waals surface area contributed by atoms with Crippen LogP contribution in [0.25, 0.3) is 11.4 Å². The molecule has 0 aliphatic heterocycles. The van der Waals surface area contributed by atoms with Crippen LogP contribution in [-0.4, -0.2) is 27.3 Å². The Morgan fingerprint density at radius 1 is 1.17 bits per heavy atom. The van der Waals surface area contributed by atoms with Gasteiger partial charge in [-0.15, -0.1) is 0 Å². The molecule has 7 heteroatoms. The number of ether oxygens (including phenoxy) is 1. The molecule has 1 aromatic carbocycles. The van der Waals surface area contributed by atoms with E-state index in [2.05, 4.69) is 10.3 Å². The van der Waals surface area contributed by atoms with Crippen molar-refractivity contribution in [2.75, 3.05) is 6.61 Å². The summed E-state index contributed by atoms with van der Waals surface area (Å²) >= 11 is 0. The third-order valence-electron chi connectivity index (χ3n) is 5.05. The maximum Gasteiger partial charge on any atom is 0.258 e. The van der Waals surface area contributed by atoms with E-state index >= 15 is 0 Å². The van der Waals surface area contributed by atoms with Crippen molar-refractivity contribution in [3.05, 3.63) is 66.2 Å². The van der Waals surface area contributed by atoms with Crippen molar-refractivity contribution in [2.45, 2.75) is 38.3 Å². The summed E-state index contributed by atoms with van der Waals surface area (Å²) in [5, 5.41) is 7.52. The second kappa shape index (κ2) is 8.86. The van der Waals surface area contributed by atoms with E-state index in [1.165, 1.54) is 25.0 Å². The molecule has 2 aromatic heterocycles. The fourth-order valence-electron chi connectivity index (χ4n) is 3.61. The molecule has 3 aromatic rings. The predicted molar refractivity (Wildman–Crippen MR) is 107 cm³/mol. The lowest BCUT2D eigenvalue weighted by atomic mass is 10.2. The number of hydrogen-bond acceptors (Lipinski definition) is 4. The summed E-state index contributed by atoms with van der Waals surface area (Å²) in [5.74, 6) is -0.760. The number of para-hydroxylation sites is 1. The summed E-state index contributed by atoms with van der Waals surface area (Å²) in [6.45, 7) is 0.0242. The van der Waals surface area contributed by atoms with E-state index in [0.29, 0.717) is 6.04 Å². The largest absolute Gasteiger partial charge is 0.481 e. The Bertz CT molecular complexity index is 968. The molecule has 1 saturated carbocycles. The van der Waals surface area contributed by atoms with Gasteiger partial charge in [-0.05, 0) is 43.2 Å². The van der Waals surface area contributed by atoms with Crippen molar-refractivity contribution < 1.29 is 13.9 Å². The number of amides is 1. The number of carbonyl (C=O) groups is 1. The molecule has 1 aliphatic carbocycles. The summed E-state index contributed by atoms with van der Waals surface area (Å²) in [5.41, 5.74) is 2.59.